The van der Waals surface area contributed by atoms with Gasteiger partial charge in [0.05, 0.1) is 6.20 Å². The van der Waals surface area contributed by atoms with Gasteiger partial charge in [0, 0.05) is 14.1 Å². The van der Waals surface area contributed by atoms with E-state index in [0.29, 0.717) is 5.82 Å². The van der Waals surface area contributed by atoms with Crippen molar-refractivity contribution < 1.29 is 28.4 Å². The minimum Gasteiger partial charge on any atom is -0.595 e. The van der Waals surface area contributed by atoms with E-state index in [1.807, 2.05) is 0 Å². The first-order valence-corrected chi connectivity index (χ1v) is 7.86. The molecule has 0 aromatic carbocycles. The van der Waals surface area contributed by atoms with Gasteiger partial charge >= 0.3 is 21.0 Å². The molecule has 0 fully saturated rings. The third kappa shape index (κ3) is 4.08. The average Bonchev–Trinajstić information content (AvgIpc) is 2.24. The van der Waals surface area contributed by atoms with Crippen molar-refractivity contribution in [1.82, 2.24) is 4.98 Å². The van der Waals surface area contributed by atoms with Crippen LogP contribution in [0, 0.1) is 0 Å². The minimum atomic E-state index is -4.69. The summed E-state index contributed by atoms with van der Waals surface area (Å²) in [7, 11) is -4.40. The van der Waals surface area contributed by atoms with Crippen LogP contribution in [-0.4, -0.2) is 34.3 Å². The average molecular weight is 294 g/mol. The first-order valence-electron chi connectivity index (χ1n) is 4.93. The SMILES string of the molecule is CN(C)c1c[n+](CC([P+](=O)[O-])P(=O)(O)O)ccn1. The predicted molar refractivity (Wildman–Crippen MR) is 62.2 cm³/mol. The molecule has 18 heavy (non-hydrogen) atoms. The van der Waals surface area contributed by atoms with Crippen molar-refractivity contribution in [3.63, 3.8) is 0 Å². The summed E-state index contributed by atoms with van der Waals surface area (Å²) in [6.07, 6.45) is 4.40. The van der Waals surface area contributed by atoms with Crippen LogP contribution < -0.4 is 14.4 Å². The molecule has 1 rings (SSSR count). The molecule has 2 unspecified atom stereocenters. The molecule has 0 bridgehead atoms. The Bertz CT molecular complexity index is 489. The second-order valence-corrected chi connectivity index (χ2v) is 7.26. The van der Waals surface area contributed by atoms with Gasteiger partial charge in [0.2, 0.25) is 12.7 Å². The fraction of sp³-hybridized carbons (Fsp3) is 0.500. The van der Waals surface area contributed by atoms with Crippen LogP contribution in [0.4, 0.5) is 5.82 Å². The Kier molecular flexibility index (Phi) is 4.90. The molecule has 2 N–H and O–H groups in total. The number of hydrogen-bond donors (Lipinski definition) is 2. The lowest BCUT2D eigenvalue weighted by Crippen LogP contribution is -2.39. The smallest absolute Gasteiger partial charge is 0.382 e. The van der Waals surface area contributed by atoms with E-state index in [2.05, 4.69) is 4.98 Å². The van der Waals surface area contributed by atoms with Gasteiger partial charge < -0.3 is 19.6 Å². The van der Waals surface area contributed by atoms with Crippen LogP contribution in [0.5, 0.6) is 0 Å². The first-order chi connectivity index (χ1) is 8.21. The molecule has 0 aliphatic carbocycles. The predicted octanol–water partition coefficient (Wildman–Crippen LogP) is -0.958. The summed E-state index contributed by atoms with van der Waals surface area (Å²) in [6.45, 7) is -0.313. The maximum atomic E-state index is 11.1. The number of anilines is 1. The molecule has 2 atom stereocenters. The number of aromatic nitrogens is 2. The molecule has 1 aromatic rings. The molecule has 8 nitrogen and oxygen atoms in total. The summed E-state index contributed by atoms with van der Waals surface area (Å²) in [6, 6.07) is 0. The van der Waals surface area contributed by atoms with Gasteiger partial charge in [0.1, 0.15) is 0 Å². The largest absolute Gasteiger partial charge is 0.595 e. The van der Waals surface area contributed by atoms with E-state index in [-0.39, 0.29) is 6.54 Å². The van der Waals surface area contributed by atoms with E-state index in [9.17, 15) is 14.0 Å². The van der Waals surface area contributed by atoms with Gasteiger partial charge in [-0.3, -0.25) is 4.57 Å². The van der Waals surface area contributed by atoms with Crippen molar-refractivity contribution in [2.45, 2.75) is 11.9 Å². The van der Waals surface area contributed by atoms with E-state index in [4.69, 9.17) is 9.79 Å². The molecule has 0 saturated carbocycles. The van der Waals surface area contributed by atoms with Gasteiger partial charge in [-0.15, -0.1) is 0 Å². The molecule has 0 saturated heterocycles. The van der Waals surface area contributed by atoms with Gasteiger partial charge in [-0.2, -0.15) is 4.57 Å². The Morgan fingerprint density at radius 1 is 1.61 bits per heavy atom. The van der Waals surface area contributed by atoms with Crippen molar-refractivity contribution in [3.05, 3.63) is 18.6 Å². The maximum absolute atomic E-state index is 11.1. The highest BCUT2D eigenvalue weighted by atomic mass is 31.2. The van der Waals surface area contributed by atoms with E-state index >= 15 is 0 Å². The first kappa shape index (κ1) is 15.1. The molecule has 0 spiro atoms. The zero-order valence-electron chi connectivity index (χ0n) is 9.87. The lowest BCUT2D eigenvalue weighted by molar-refractivity contribution is -0.694. The molecule has 10 heteroatoms. The van der Waals surface area contributed by atoms with Crippen LogP contribution in [-0.2, 0) is 15.7 Å². The van der Waals surface area contributed by atoms with Gasteiger partial charge in [0.15, 0.2) is 12.0 Å². The molecule has 0 aliphatic heterocycles. The van der Waals surface area contributed by atoms with Gasteiger partial charge in [-0.25, -0.2) is 4.98 Å². The van der Waals surface area contributed by atoms with Crippen LogP contribution in [0.3, 0.4) is 0 Å². The molecule has 0 radical (unpaired) electrons. The maximum Gasteiger partial charge on any atom is 0.382 e. The highest BCUT2D eigenvalue weighted by Gasteiger charge is 2.43. The topological polar surface area (TPSA) is 118 Å². The van der Waals surface area contributed by atoms with E-state index in [1.165, 1.54) is 23.2 Å². The quantitative estimate of drug-likeness (QED) is 0.530. The number of rotatable bonds is 5. The Morgan fingerprint density at radius 3 is 2.67 bits per heavy atom. The fourth-order valence-electron chi connectivity index (χ4n) is 1.25. The van der Waals surface area contributed by atoms with Gasteiger partial charge in [-0.1, -0.05) is 4.57 Å². The van der Waals surface area contributed by atoms with Crippen molar-refractivity contribution in [1.29, 1.82) is 0 Å². The molecule has 0 amide bonds. The van der Waals surface area contributed by atoms with Crippen LogP contribution in [0.25, 0.3) is 0 Å². The summed E-state index contributed by atoms with van der Waals surface area (Å²) in [5, 5.41) is -1.73. The number of nitrogens with zero attached hydrogens (tertiary/aromatic N) is 3. The van der Waals surface area contributed by atoms with Crippen LogP contribution >= 0.6 is 15.6 Å². The van der Waals surface area contributed by atoms with Gasteiger partial charge in [0.25, 0.3) is 0 Å². The molecule has 1 aromatic heterocycles. The number of hydrogen-bond acceptors (Lipinski definition) is 5. The molecule has 0 aliphatic rings. The second kappa shape index (κ2) is 5.82. The summed E-state index contributed by atoms with van der Waals surface area (Å²) in [5.41, 5.74) is 0. The van der Waals surface area contributed by atoms with Crippen molar-refractivity contribution >= 4 is 21.4 Å². The second-order valence-electron chi connectivity index (χ2n) is 3.86. The Balaban J connectivity index is 2.98. The normalized spacial score (nSPS) is 14.2. The molecule has 100 valence electrons. The monoisotopic (exact) mass is 294 g/mol. The Hall–Kier alpha value is -0.910. The lowest BCUT2D eigenvalue weighted by atomic mass is 10.5. The van der Waals surface area contributed by atoms with Crippen LogP contribution in [0.2, 0.25) is 0 Å². The summed E-state index contributed by atoms with van der Waals surface area (Å²) < 4.78 is 23.3. The third-order valence-corrected chi connectivity index (χ3v) is 5.27. The minimum absolute atomic E-state index is 0.313. The Labute approximate surface area is 105 Å². The van der Waals surface area contributed by atoms with E-state index in [0.717, 1.165) is 0 Å². The summed E-state index contributed by atoms with van der Waals surface area (Å²) in [5.74, 6) is 0.558. The summed E-state index contributed by atoms with van der Waals surface area (Å²) in [4.78, 5) is 34.5. The van der Waals surface area contributed by atoms with Crippen LogP contribution in [0.1, 0.15) is 0 Å². The third-order valence-electron chi connectivity index (χ3n) is 2.21. The van der Waals surface area contributed by atoms with Gasteiger partial charge in [-0.05, 0) is 0 Å². The summed E-state index contributed by atoms with van der Waals surface area (Å²) >= 11 is 0. The van der Waals surface area contributed by atoms with Crippen molar-refractivity contribution in [2.75, 3.05) is 19.0 Å². The lowest BCUT2D eigenvalue weighted by Gasteiger charge is -2.10. The zero-order chi connectivity index (χ0) is 13.9. The van der Waals surface area contributed by atoms with Crippen molar-refractivity contribution in [3.8, 4) is 0 Å². The molecule has 1 heterocycles. The molecular formula is C8H14N3O5P2+. The van der Waals surface area contributed by atoms with E-state index in [1.54, 1.807) is 19.0 Å². The highest BCUT2D eigenvalue weighted by Crippen LogP contribution is 2.50. The fourth-order valence-corrected chi connectivity index (χ4v) is 2.95. The Morgan fingerprint density at radius 2 is 2.22 bits per heavy atom. The zero-order valence-corrected chi connectivity index (χ0v) is 11.7. The van der Waals surface area contributed by atoms with E-state index < -0.39 is 21.0 Å². The molecular weight excluding hydrogens is 280 g/mol. The standard InChI is InChI=1S/C8H13N3O5P2/c1-10(2)7-5-11(4-3-9-7)6-8(17(12)13)18(14,15)16/h3-5,8H,6H2,1-2H3,(H-,14,15,16)/p+1. The highest BCUT2D eigenvalue weighted by molar-refractivity contribution is 7.65. The van der Waals surface area contributed by atoms with Crippen LogP contribution in [0.15, 0.2) is 18.6 Å². The van der Waals surface area contributed by atoms with Crippen molar-refractivity contribution in [2.24, 2.45) is 0 Å².